The molecule has 18 heavy (non-hydrogen) atoms. The average molecular weight is 246 g/mol. The van der Waals surface area contributed by atoms with E-state index in [4.69, 9.17) is 10.00 Å². The number of ether oxygens (including phenoxy) is 1. The first-order chi connectivity index (χ1) is 8.52. The molecular formula is C14H18N2O2. The van der Waals surface area contributed by atoms with Crippen LogP contribution in [-0.4, -0.2) is 18.6 Å². The Labute approximate surface area is 108 Å². The van der Waals surface area contributed by atoms with Gasteiger partial charge in [-0.1, -0.05) is 19.9 Å². The van der Waals surface area contributed by atoms with Crippen LogP contribution in [0.2, 0.25) is 0 Å². The minimum atomic E-state index is -0.154. The number of rotatable bonds is 5. The number of nitriles is 1. The summed E-state index contributed by atoms with van der Waals surface area (Å²) in [6.45, 7) is 6.01. The fourth-order valence-corrected chi connectivity index (χ4v) is 1.27. The molecule has 1 N–H and O–H groups in total. The van der Waals surface area contributed by atoms with Crippen molar-refractivity contribution in [3.8, 4) is 11.8 Å². The number of carbonyl (C=O) groups is 1. The smallest absolute Gasteiger partial charge is 0.258 e. The van der Waals surface area contributed by atoms with E-state index in [1.54, 1.807) is 24.3 Å². The Morgan fingerprint density at radius 2 is 2.17 bits per heavy atom. The minimum absolute atomic E-state index is 0.0358. The minimum Gasteiger partial charge on any atom is -0.484 e. The standard InChI is InChI=1S/C14H18N2O2/c1-10(2)11(3)16-14(17)9-18-13-6-4-5-12(7-13)8-15/h4-7,10-11H,9H2,1-3H3,(H,16,17). The molecule has 0 bridgehead atoms. The molecule has 0 saturated carbocycles. The Morgan fingerprint density at radius 3 is 2.78 bits per heavy atom. The molecule has 0 spiro atoms. The van der Waals surface area contributed by atoms with Crippen molar-refractivity contribution in [3.05, 3.63) is 29.8 Å². The van der Waals surface area contributed by atoms with Crippen molar-refractivity contribution in [2.24, 2.45) is 5.92 Å². The van der Waals surface area contributed by atoms with Crippen molar-refractivity contribution in [1.29, 1.82) is 5.26 Å². The first-order valence-electron chi connectivity index (χ1n) is 5.95. The lowest BCUT2D eigenvalue weighted by Gasteiger charge is -2.17. The highest BCUT2D eigenvalue weighted by Crippen LogP contribution is 2.12. The Hall–Kier alpha value is -2.02. The molecular weight excluding hydrogens is 228 g/mol. The highest BCUT2D eigenvalue weighted by molar-refractivity contribution is 5.77. The van der Waals surface area contributed by atoms with Gasteiger partial charge in [-0.05, 0) is 31.0 Å². The molecule has 1 rings (SSSR count). The van der Waals surface area contributed by atoms with E-state index < -0.39 is 0 Å². The largest absolute Gasteiger partial charge is 0.484 e. The normalized spacial score (nSPS) is 11.7. The lowest BCUT2D eigenvalue weighted by Crippen LogP contribution is -2.38. The molecule has 1 aromatic carbocycles. The number of nitrogens with zero attached hydrogens (tertiary/aromatic N) is 1. The van der Waals surface area contributed by atoms with Crippen LogP contribution in [-0.2, 0) is 4.79 Å². The second-order valence-corrected chi connectivity index (χ2v) is 4.53. The third kappa shape index (κ3) is 4.46. The van der Waals surface area contributed by atoms with Gasteiger partial charge in [0.15, 0.2) is 6.61 Å². The van der Waals surface area contributed by atoms with Gasteiger partial charge in [0.1, 0.15) is 5.75 Å². The summed E-state index contributed by atoms with van der Waals surface area (Å²) in [5, 5.41) is 11.6. The average Bonchev–Trinajstić information content (AvgIpc) is 2.36. The first-order valence-corrected chi connectivity index (χ1v) is 5.95. The van der Waals surface area contributed by atoms with Crippen LogP contribution >= 0.6 is 0 Å². The lowest BCUT2D eigenvalue weighted by atomic mass is 10.1. The van der Waals surface area contributed by atoms with Gasteiger partial charge in [0, 0.05) is 6.04 Å². The van der Waals surface area contributed by atoms with Gasteiger partial charge in [0.2, 0.25) is 0 Å². The number of hydrogen-bond donors (Lipinski definition) is 1. The van der Waals surface area contributed by atoms with Gasteiger partial charge in [-0.25, -0.2) is 0 Å². The topological polar surface area (TPSA) is 62.1 Å². The molecule has 4 heteroatoms. The van der Waals surface area contributed by atoms with Crippen LogP contribution in [0.1, 0.15) is 26.3 Å². The van der Waals surface area contributed by atoms with E-state index in [9.17, 15) is 4.79 Å². The van der Waals surface area contributed by atoms with Crippen molar-refractivity contribution >= 4 is 5.91 Å². The lowest BCUT2D eigenvalue weighted by molar-refractivity contribution is -0.124. The Morgan fingerprint density at radius 1 is 1.44 bits per heavy atom. The molecule has 0 heterocycles. The van der Waals surface area contributed by atoms with Crippen LogP contribution in [0, 0.1) is 17.2 Å². The summed E-state index contributed by atoms with van der Waals surface area (Å²) in [5.74, 6) is 0.760. The van der Waals surface area contributed by atoms with Crippen molar-refractivity contribution in [3.63, 3.8) is 0 Å². The Balaban J connectivity index is 2.45. The third-order valence-electron chi connectivity index (χ3n) is 2.72. The summed E-state index contributed by atoms with van der Waals surface area (Å²) < 4.78 is 5.33. The van der Waals surface area contributed by atoms with E-state index >= 15 is 0 Å². The van der Waals surface area contributed by atoms with Crippen molar-refractivity contribution in [2.45, 2.75) is 26.8 Å². The summed E-state index contributed by atoms with van der Waals surface area (Å²) in [6, 6.07) is 8.88. The number of amides is 1. The predicted molar refractivity (Wildman–Crippen MR) is 69.1 cm³/mol. The summed E-state index contributed by atoms with van der Waals surface area (Å²) >= 11 is 0. The summed E-state index contributed by atoms with van der Waals surface area (Å²) in [7, 11) is 0. The molecule has 0 aliphatic heterocycles. The molecule has 0 fully saturated rings. The second kappa shape index (κ2) is 6.65. The monoisotopic (exact) mass is 246 g/mol. The van der Waals surface area contributed by atoms with Gasteiger partial charge in [-0.2, -0.15) is 5.26 Å². The van der Waals surface area contributed by atoms with Gasteiger partial charge >= 0.3 is 0 Å². The zero-order valence-electron chi connectivity index (χ0n) is 10.9. The van der Waals surface area contributed by atoms with Gasteiger partial charge in [-0.15, -0.1) is 0 Å². The van der Waals surface area contributed by atoms with Crippen LogP contribution in [0.5, 0.6) is 5.75 Å². The number of hydrogen-bond acceptors (Lipinski definition) is 3. The van der Waals surface area contributed by atoms with Crippen LogP contribution in [0.3, 0.4) is 0 Å². The van der Waals surface area contributed by atoms with Crippen molar-refractivity contribution in [2.75, 3.05) is 6.61 Å². The molecule has 1 aromatic rings. The predicted octanol–water partition coefficient (Wildman–Crippen LogP) is 2.10. The zero-order chi connectivity index (χ0) is 13.5. The molecule has 96 valence electrons. The summed E-state index contributed by atoms with van der Waals surface area (Å²) in [4.78, 5) is 11.6. The highest BCUT2D eigenvalue weighted by atomic mass is 16.5. The van der Waals surface area contributed by atoms with E-state index in [2.05, 4.69) is 5.32 Å². The molecule has 0 aliphatic rings. The quantitative estimate of drug-likeness (QED) is 0.865. The number of benzene rings is 1. The van der Waals surface area contributed by atoms with Crippen LogP contribution in [0.15, 0.2) is 24.3 Å². The molecule has 1 amide bonds. The molecule has 4 nitrogen and oxygen atoms in total. The van der Waals surface area contributed by atoms with E-state index in [1.807, 2.05) is 26.8 Å². The molecule has 0 radical (unpaired) electrons. The van der Waals surface area contributed by atoms with E-state index in [0.29, 0.717) is 17.2 Å². The molecule has 1 unspecified atom stereocenters. The van der Waals surface area contributed by atoms with Gasteiger partial charge < -0.3 is 10.1 Å². The maximum Gasteiger partial charge on any atom is 0.258 e. The van der Waals surface area contributed by atoms with Crippen LogP contribution in [0.25, 0.3) is 0 Å². The van der Waals surface area contributed by atoms with Crippen LogP contribution in [0.4, 0.5) is 0 Å². The molecule has 0 aromatic heterocycles. The Kier molecular flexibility index (Phi) is 5.19. The maximum absolute atomic E-state index is 11.6. The fourth-order valence-electron chi connectivity index (χ4n) is 1.27. The fraction of sp³-hybridized carbons (Fsp3) is 0.429. The molecule has 0 aliphatic carbocycles. The second-order valence-electron chi connectivity index (χ2n) is 4.53. The molecule has 0 saturated heterocycles. The van der Waals surface area contributed by atoms with E-state index in [0.717, 1.165) is 0 Å². The van der Waals surface area contributed by atoms with E-state index in [-0.39, 0.29) is 18.6 Å². The van der Waals surface area contributed by atoms with Gasteiger partial charge in [0.05, 0.1) is 11.6 Å². The van der Waals surface area contributed by atoms with Gasteiger partial charge in [-0.3, -0.25) is 4.79 Å². The SMILES string of the molecule is CC(C)C(C)NC(=O)COc1cccc(C#N)c1. The van der Waals surface area contributed by atoms with Crippen molar-refractivity contribution in [1.82, 2.24) is 5.32 Å². The zero-order valence-corrected chi connectivity index (χ0v) is 10.9. The first kappa shape index (κ1) is 14.0. The third-order valence-corrected chi connectivity index (χ3v) is 2.72. The summed E-state index contributed by atoms with van der Waals surface area (Å²) in [6.07, 6.45) is 0. The Bertz CT molecular complexity index is 449. The highest BCUT2D eigenvalue weighted by Gasteiger charge is 2.11. The molecule has 1 atom stereocenters. The summed E-state index contributed by atoms with van der Waals surface area (Å²) in [5.41, 5.74) is 0.517. The van der Waals surface area contributed by atoms with Crippen LogP contribution < -0.4 is 10.1 Å². The maximum atomic E-state index is 11.6. The van der Waals surface area contributed by atoms with Gasteiger partial charge in [0.25, 0.3) is 5.91 Å². The van der Waals surface area contributed by atoms with Crippen molar-refractivity contribution < 1.29 is 9.53 Å². The van der Waals surface area contributed by atoms with E-state index in [1.165, 1.54) is 0 Å². The number of carbonyl (C=O) groups excluding carboxylic acids is 1. The number of nitrogens with one attached hydrogen (secondary N) is 1.